The molecule has 1 N–H and O–H groups in total. The molecule has 0 aliphatic carbocycles. The Bertz CT molecular complexity index is 1310. The summed E-state index contributed by atoms with van der Waals surface area (Å²) in [4.78, 5) is 24.9. The molecular formula is C25H20ClNO5. The van der Waals surface area contributed by atoms with Crippen molar-refractivity contribution in [3.63, 3.8) is 0 Å². The Hall–Kier alpha value is -3.77. The molecule has 1 heterocycles. The third-order valence-corrected chi connectivity index (χ3v) is 5.04. The summed E-state index contributed by atoms with van der Waals surface area (Å²) in [6.07, 6.45) is 2.06. The maximum Gasteiger partial charge on any atom is 0.262 e. The van der Waals surface area contributed by atoms with Crippen LogP contribution in [0.15, 0.2) is 82.2 Å². The van der Waals surface area contributed by atoms with E-state index in [9.17, 15) is 9.59 Å². The maximum absolute atomic E-state index is 12.8. The Kier molecular flexibility index (Phi) is 6.42. The molecule has 0 aliphatic rings. The lowest BCUT2D eigenvalue weighted by Crippen LogP contribution is -2.20. The summed E-state index contributed by atoms with van der Waals surface area (Å²) >= 11 is 5.84. The molecule has 0 fully saturated rings. The van der Waals surface area contributed by atoms with Gasteiger partial charge in [0.1, 0.15) is 23.3 Å². The average molecular weight is 450 g/mol. The maximum atomic E-state index is 12.8. The molecule has 1 aromatic heterocycles. The normalized spacial score (nSPS) is 10.7. The van der Waals surface area contributed by atoms with Crippen LogP contribution < -0.4 is 20.2 Å². The number of fused-ring (bicyclic) bond motifs is 1. The molecule has 7 heteroatoms. The van der Waals surface area contributed by atoms with Gasteiger partial charge in [0, 0.05) is 16.8 Å². The molecule has 0 atom stereocenters. The zero-order valence-corrected chi connectivity index (χ0v) is 18.0. The first-order chi connectivity index (χ1) is 15.5. The summed E-state index contributed by atoms with van der Waals surface area (Å²) in [5, 5.41) is 3.65. The van der Waals surface area contributed by atoms with Crippen molar-refractivity contribution < 1.29 is 18.7 Å². The number of halogens is 1. The smallest absolute Gasteiger partial charge is 0.262 e. The van der Waals surface area contributed by atoms with Crippen LogP contribution in [0.3, 0.4) is 0 Å². The fourth-order valence-electron chi connectivity index (χ4n) is 3.14. The molecule has 4 aromatic rings. The molecule has 0 radical (unpaired) electrons. The van der Waals surface area contributed by atoms with E-state index in [1.807, 2.05) is 31.2 Å². The largest absolute Gasteiger partial charge is 0.484 e. The molecule has 32 heavy (non-hydrogen) atoms. The van der Waals surface area contributed by atoms with Crippen LogP contribution in [0, 0.1) is 0 Å². The Morgan fingerprint density at radius 3 is 2.59 bits per heavy atom. The van der Waals surface area contributed by atoms with E-state index >= 15 is 0 Å². The number of hydrogen-bond donors (Lipinski definition) is 1. The Labute approximate surface area is 189 Å². The zero-order chi connectivity index (χ0) is 22.5. The number of hydrogen-bond acceptors (Lipinski definition) is 5. The minimum Gasteiger partial charge on any atom is -0.484 e. The standard InChI is InChI=1S/C25H20ClNO5/c1-2-16-5-3-4-6-21(16)32-23-14-31-22-13-19(11-12-20(22)25(23)29)30-15-24(28)27-18-9-7-17(26)8-10-18/h3-14H,2,15H2,1H3,(H,27,28). The number of benzene rings is 3. The fraction of sp³-hybridized carbons (Fsp3) is 0.120. The van der Waals surface area contributed by atoms with Gasteiger partial charge in [-0.15, -0.1) is 0 Å². The lowest BCUT2D eigenvalue weighted by Gasteiger charge is -2.10. The number of amides is 1. The first-order valence-corrected chi connectivity index (χ1v) is 10.4. The summed E-state index contributed by atoms with van der Waals surface area (Å²) in [6.45, 7) is 1.82. The Morgan fingerprint density at radius 1 is 1.03 bits per heavy atom. The topological polar surface area (TPSA) is 77.8 Å². The SMILES string of the molecule is CCc1ccccc1Oc1coc2cc(OCC(=O)Nc3ccc(Cl)cc3)ccc2c1=O. The van der Waals surface area contributed by atoms with E-state index in [1.54, 1.807) is 42.5 Å². The van der Waals surface area contributed by atoms with Crippen LogP contribution in [0.25, 0.3) is 11.0 Å². The van der Waals surface area contributed by atoms with Gasteiger partial charge in [0.2, 0.25) is 11.2 Å². The number of carbonyl (C=O) groups excluding carboxylic acids is 1. The lowest BCUT2D eigenvalue weighted by molar-refractivity contribution is -0.118. The van der Waals surface area contributed by atoms with Crippen molar-refractivity contribution in [1.82, 2.24) is 0 Å². The van der Waals surface area contributed by atoms with E-state index in [1.165, 1.54) is 6.26 Å². The van der Waals surface area contributed by atoms with Crippen LogP contribution in [0.2, 0.25) is 5.02 Å². The first kappa shape index (κ1) is 21.5. The minimum absolute atomic E-state index is 0.106. The fourth-order valence-corrected chi connectivity index (χ4v) is 3.27. The van der Waals surface area contributed by atoms with Crippen molar-refractivity contribution in [3.05, 3.63) is 93.8 Å². The Morgan fingerprint density at radius 2 is 1.81 bits per heavy atom. The highest BCUT2D eigenvalue weighted by Gasteiger charge is 2.12. The summed E-state index contributed by atoms with van der Waals surface area (Å²) in [7, 11) is 0. The molecule has 0 saturated heterocycles. The molecule has 0 bridgehead atoms. The highest BCUT2D eigenvalue weighted by atomic mass is 35.5. The second-order valence-corrected chi connectivity index (χ2v) is 7.43. The van der Waals surface area contributed by atoms with E-state index in [2.05, 4.69) is 5.32 Å². The zero-order valence-electron chi connectivity index (χ0n) is 17.3. The van der Waals surface area contributed by atoms with Crippen LogP contribution in [0.5, 0.6) is 17.2 Å². The van der Waals surface area contributed by atoms with Gasteiger partial charge in [0.05, 0.1) is 5.39 Å². The van der Waals surface area contributed by atoms with Crippen LogP contribution >= 0.6 is 11.6 Å². The number of ether oxygens (including phenoxy) is 2. The van der Waals surface area contributed by atoms with E-state index < -0.39 is 0 Å². The van der Waals surface area contributed by atoms with Crippen molar-refractivity contribution in [1.29, 1.82) is 0 Å². The highest BCUT2D eigenvalue weighted by Crippen LogP contribution is 2.26. The molecule has 162 valence electrons. The van der Waals surface area contributed by atoms with Gasteiger partial charge in [-0.05, 0) is 54.4 Å². The number of rotatable bonds is 7. The summed E-state index contributed by atoms with van der Waals surface area (Å²) in [5.74, 6) is 0.798. The first-order valence-electron chi connectivity index (χ1n) is 10.0. The van der Waals surface area contributed by atoms with Gasteiger partial charge < -0.3 is 19.2 Å². The lowest BCUT2D eigenvalue weighted by atomic mass is 10.1. The van der Waals surface area contributed by atoms with Gasteiger partial charge in [-0.3, -0.25) is 9.59 Å². The highest BCUT2D eigenvalue weighted by molar-refractivity contribution is 6.30. The van der Waals surface area contributed by atoms with Gasteiger partial charge in [0.25, 0.3) is 5.91 Å². The molecule has 0 spiro atoms. The quantitative estimate of drug-likeness (QED) is 0.384. The van der Waals surface area contributed by atoms with Gasteiger partial charge in [-0.25, -0.2) is 0 Å². The molecular weight excluding hydrogens is 430 g/mol. The van der Waals surface area contributed by atoms with E-state index in [-0.39, 0.29) is 23.7 Å². The van der Waals surface area contributed by atoms with E-state index in [4.69, 9.17) is 25.5 Å². The van der Waals surface area contributed by atoms with Crippen molar-refractivity contribution in [2.24, 2.45) is 0 Å². The molecule has 0 unspecified atom stereocenters. The summed E-state index contributed by atoms with van der Waals surface area (Å²) in [5.41, 5.74) is 1.66. The minimum atomic E-state index is -0.327. The predicted octanol–water partition coefficient (Wildman–Crippen LogP) is 5.82. The Balaban J connectivity index is 1.46. The number of carbonyl (C=O) groups is 1. The average Bonchev–Trinajstić information content (AvgIpc) is 2.81. The second kappa shape index (κ2) is 9.58. The number of anilines is 1. The van der Waals surface area contributed by atoms with Crippen molar-refractivity contribution in [3.8, 4) is 17.2 Å². The van der Waals surface area contributed by atoms with Crippen molar-refractivity contribution in [2.45, 2.75) is 13.3 Å². The summed E-state index contributed by atoms with van der Waals surface area (Å²) < 4.78 is 17.0. The van der Waals surface area contributed by atoms with Gasteiger partial charge in [0.15, 0.2) is 6.61 Å². The number of nitrogens with one attached hydrogen (secondary N) is 1. The van der Waals surface area contributed by atoms with Gasteiger partial charge in [-0.1, -0.05) is 36.7 Å². The predicted molar refractivity (Wildman–Crippen MR) is 124 cm³/mol. The van der Waals surface area contributed by atoms with E-state index in [0.717, 1.165) is 12.0 Å². The summed E-state index contributed by atoms with van der Waals surface area (Å²) in [6, 6.07) is 19.1. The van der Waals surface area contributed by atoms with E-state index in [0.29, 0.717) is 33.2 Å². The second-order valence-electron chi connectivity index (χ2n) is 6.99. The van der Waals surface area contributed by atoms with Crippen molar-refractivity contribution in [2.75, 3.05) is 11.9 Å². The monoisotopic (exact) mass is 449 g/mol. The number of para-hydroxylation sites is 1. The number of aryl methyl sites for hydroxylation is 1. The van der Waals surface area contributed by atoms with Crippen LogP contribution in [0.1, 0.15) is 12.5 Å². The molecule has 0 saturated carbocycles. The van der Waals surface area contributed by atoms with Crippen LogP contribution in [-0.4, -0.2) is 12.5 Å². The van der Waals surface area contributed by atoms with Gasteiger partial charge in [-0.2, -0.15) is 0 Å². The molecule has 0 aliphatic heterocycles. The molecule has 6 nitrogen and oxygen atoms in total. The molecule has 3 aromatic carbocycles. The molecule has 4 rings (SSSR count). The molecule has 1 amide bonds. The van der Waals surface area contributed by atoms with Gasteiger partial charge >= 0.3 is 0 Å². The van der Waals surface area contributed by atoms with Crippen molar-refractivity contribution >= 4 is 34.2 Å². The van der Waals surface area contributed by atoms with Crippen LogP contribution in [-0.2, 0) is 11.2 Å². The third-order valence-electron chi connectivity index (χ3n) is 4.79. The third kappa shape index (κ3) is 4.92. The van der Waals surface area contributed by atoms with Crippen LogP contribution in [0.4, 0.5) is 5.69 Å².